The molecule has 1 aromatic heterocycles. The molecule has 1 aromatic rings. The maximum atomic E-state index is 12.5. The smallest absolute Gasteiger partial charge is 0.363 e. The van der Waals surface area contributed by atoms with Gasteiger partial charge in [0.2, 0.25) is 0 Å². The lowest BCUT2D eigenvalue weighted by atomic mass is 9.98. The molecule has 158 valence electrons. The van der Waals surface area contributed by atoms with Gasteiger partial charge in [-0.2, -0.15) is 12.7 Å². The minimum absolute atomic E-state index is 0.0557. The van der Waals surface area contributed by atoms with E-state index in [2.05, 4.69) is 25.0 Å². The van der Waals surface area contributed by atoms with Crippen molar-refractivity contribution in [1.82, 2.24) is 14.6 Å². The van der Waals surface area contributed by atoms with E-state index in [4.69, 9.17) is 16.0 Å². The highest BCUT2D eigenvalue weighted by Gasteiger charge is 2.58. The predicted molar refractivity (Wildman–Crippen MR) is 94.3 cm³/mol. The summed E-state index contributed by atoms with van der Waals surface area (Å²) in [6.07, 6.45) is 0. The molecule has 1 saturated heterocycles. The lowest BCUT2D eigenvalue weighted by Crippen LogP contribution is -2.74. The quantitative estimate of drug-likeness (QED) is 0.100. The number of primary amides is 1. The van der Waals surface area contributed by atoms with Gasteiger partial charge in [-0.15, -0.1) is 11.3 Å². The summed E-state index contributed by atoms with van der Waals surface area (Å²) in [4.78, 5) is 55.6. The Morgan fingerprint density at radius 3 is 2.59 bits per heavy atom. The average Bonchev–Trinajstić information content (AvgIpc) is 3.04. The fourth-order valence-corrected chi connectivity index (χ4v) is 3.57. The Kier molecular flexibility index (Phi) is 6.34. The number of esters is 1. The zero-order valence-electron chi connectivity index (χ0n) is 14.5. The number of carbonyl (C=O) groups is 4. The molecule has 0 saturated carbocycles. The highest BCUT2D eigenvalue weighted by molar-refractivity contribution is 7.84. The van der Waals surface area contributed by atoms with Gasteiger partial charge in [0.15, 0.2) is 23.5 Å². The normalized spacial score (nSPS) is 19.3. The third kappa shape index (κ3) is 4.76. The Hall–Kier alpha value is -3.31. The Bertz CT molecular complexity index is 988. The van der Waals surface area contributed by atoms with Gasteiger partial charge in [-0.1, -0.05) is 5.16 Å². The van der Waals surface area contributed by atoms with Crippen LogP contribution in [-0.2, 0) is 39.1 Å². The number of β-lactam (4-membered cyclic amide) rings is 1. The highest BCUT2D eigenvalue weighted by Crippen LogP contribution is 2.25. The third-order valence-corrected chi connectivity index (χ3v) is 4.95. The number of hydrogen-bond donors (Lipinski definition) is 4. The van der Waals surface area contributed by atoms with Crippen LogP contribution in [0.15, 0.2) is 10.5 Å². The molecule has 2 heterocycles. The number of nitrogens with zero attached hydrogens (tertiary/aromatic N) is 3. The minimum atomic E-state index is -5.08. The molecular weight excluding hydrogens is 436 g/mol. The van der Waals surface area contributed by atoms with Gasteiger partial charge in [0.1, 0.15) is 11.7 Å². The van der Waals surface area contributed by atoms with E-state index >= 15 is 0 Å². The van der Waals surface area contributed by atoms with E-state index in [0.29, 0.717) is 0 Å². The zero-order chi connectivity index (χ0) is 21.9. The van der Waals surface area contributed by atoms with Gasteiger partial charge in [0.25, 0.3) is 17.7 Å². The second-order valence-corrected chi connectivity index (χ2v) is 7.46. The summed E-state index contributed by atoms with van der Waals surface area (Å²) in [5, 5.41) is 6.86. The molecule has 0 aromatic carbocycles. The van der Waals surface area contributed by atoms with Crippen LogP contribution in [0.25, 0.3) is 0 Å². The molecule has 1 fully saturated rings. The van der Waals surface area contributed by atoms with E-state index in [1.54, 1.807) is 0 Å². The van der Waals surface area contributed by atoms with Gasteiger partial charge >= 0.3 is 16.3 Å². The minimum Gasteiger partial charge on any atom is -0.467 e. The first-order chi connectivity index (χ1) is 13.5. The summed E-state index contributed by atoms with van der Waals surface area (Å²) >= 11 is 0.939. The fraction of sp³-hybridized carbons (Fsp3) is 0.333. The van der Waals surface area contributed by atoms with E-state index in [-0.39, 0.29) is 15.1 Å². The van der Waals surface area contributed by atoms with Crippen molar-refractivity contribution < 1.29 is 41.7 Å². The Balaban J connectivity index is 2.28. The predicted octanol–water partition coefficient (Wildman–Crippen LogP) is -3.40. The maximum absolute atomic E-state index is 12.5. The van der Waals surface area contributed by atoms with Gasteiger partial charge in [-0.05, 0) is 0 Å². The number of amides is 3. The van der Waals surface area contributed by atoms with Crippen LogP contribution in [0, 0.1) is 0 Å². The van der Waals surface area contributed by atoms with Gasteiger partial charge in [0.05, 0.1) is 7.11 Å². The van der Waals surface area contributed by atoms with Crippen molar-refractivity contribution in [2.24, 2.45) is 10.9 Å². The van der Waals surface area contributed by atoms with E-state index in [1.165, 1.54) is 5.38 Å². The number of thiazole rings is 1. The van der Waals surface area contributed by atoms with Crippen LogP contribution in [0.4, 0.5) is 5.13 Å². The zero-order valence-corrected chi connectivity index (χ0v) is 16.1. The molecule has 3 amide bonds. The van der Waals surface area contributed by atoms with Crippen LogP contribution in [-0.4, -0.2) is 77.5 Å². The molecule has 6 N–H and O–H groups in total. The number of methoxy groups -OCH3 is 1. The SMILES string of the molecule is COC(=O)[C@H]1[C@@H](NC(=O)/C(=N\OCC(N)=O)c2csc(N)n2)C(=O)N1S(=O)(=O)O. The topological polar surface area (TPSA) is 234 Å². The molecule has 1 aliphatic heterocycles. The first-order valence-electron chi connectivity index (χ1n) is 7.36. The number of rotatable bonds is 8. The average molecular weight is 450 g/mol. The van der Waals surface area contributed by atoms with Crippen molar-refractivity contribution in [3.63, 3.8) is 0 Å². The molecule has 0 aliphatic carbocycles. The Morgan fingerprint density at radius 1 is 1.45 bits per heavy atom. The van der Waals surface area contributed by atoms with Crippen LogP contribution in [0.5, 0.6) is 0 Å². The molecule has 29 heavy (non-hydrogen) atoms. The second-order valence-electron chi connectivity index (χ2n) is 5.28. The number of oxime groups is 1. The van der Waals surface area contributed by atoms with Crippen molar-refractivity contribution >= 4 is 56.2 Å². The van der Waals surface area contributed by atoms with Gasteiger partial charge in [-0.25, -0.2) is 9.78 Å². The molecule has 17 heteroatoms. The number of nitrogens with one attached hydrogen (secondary N) is 1. The van der Waals surface area contributed by atoms with Gasteiger partial charge in [-0.3, -0.25) is 18.9 Å². The molecule has 0 spiro atoms. The Morgan fingerprint density at radius 2 is 2.10 bits per heavy atom. The maximum Gasteiger partial charge on any atom is 0.363 e. The summed E-state index contributed by atoms with van der Waals surface area (Å²) in [5.41, 5.74) is 9.75. The molecule has 0 radical (unpaired) electrons. The van der Waals surface area contributed by atoms with Crippen molar-refractivity contribution in [2.45, 2.75) is 12.1 Å². The number of nitrogen functional groups attached to an aromatic ring is 1. The van der Waals surface area contributed by atoms with E-state index in [1.807, 2.05) is 0 Å². The summed E-state index contributed by atoms with van der Waals surface area (Å²) in [6, 6.07) is -3.55. The first kappa shape index (κ1) is 22.0. The van der Waals surface area contributed by atoms with Crippen LogP contribution in [0.2, 0.25) is 0 Å². The first-order valence-corrected chi connectivity index (χ1v) is 9.64. The largest absolute Gasteiger partial charge is 0.467 e. The highest BCUT2D eigenvalue weighted by atomic mass is 32.2. The lowest BCUT2D eigenvalue weighted by Gasteiger charge is -2.41. The summed E-state index contributed by atoms with van der Waals surface area (Å²) in [5.74, 6) is -4.53. The molecule has 15 nitrogen and oxygen atoms in total. The van der Waals surface area contributed by atoms with Crippen molar-refractivity contribution in [1.29, 1.82) is 0 Å². The number of ether oxygens (including phenoxy) is 1. The third-order valence-electron chi connectivity index (χ3n) is 3.37. The van der Waals surface area contributed by atoms with Crippen LogP contribution in [0.1, 0.15) is 5.69 Å². The van der Waals surface area contributed by atoms with Crippen molar-refractivity contribution in [3.8, 4) is 0 Å². The summed E-state index contributed by atoms with van der Waals surface area (Å²) in [7, 11) is -4.17. The number of carbonyl (C=O) groups excluding carboxylic acids is 4. The van der Waals surface area contributed by atoms with Crippen LogP contribution >= 0.6 is 11.3 Å². The monoisotopic (exact) mass is 450 g/mol. The molecule has 0 bridgehead atoms. The van der Waals surface area contributed by atoms with E-state index in [9.17, 15) is 27.6 Å². The number of nitrogens with two attached hydrogens (primary N) is 2. The standard InChI is InChI=1S/C12H14N6O9S2/c1-26-11(22)8-7(10(21)18(8)29(23,24)25)16-9(20)6(17-27-2-5(13)19)4-3-28-12(14)15-4/h3,7-8H,2H2,1H3,(H2,13,19)(H2,14,15)(H,16,20)(H,23,24,25)/b17-6-/t7-,8-/m1/s1. The van der Waals surface area contributed by atoms with Crippen LogP contribution < -0.4 is 16.8 Å². The van der Waals surface area contributed by atoms with Gasteiger partial charge < -0.3 is 26.4 Å². The van der Waals surface area contributed by atoms with Crippen LogP contribution in [0.3, 0.4) is 0 Å². The molecule has 2 rings (SSSR count). The number of aromatic nitrogens is 1. The molecular formula is C12H14N6O9S2. The summed E-state index contributed by atoms with van der Waals surface area (Å²) in [6.45, 7) is -0.680. The van der Waals surface area contributed by atoms with Crippen molar-refractivity contribution in [2.75, 3.05) is 19.5 Å². The number of anilines is 1. The molecule has 0 unspecified atom stereocenters. The van der Waals surface area contributed by atoms with Gasteiger partial charge in [0, 0.05) is 5.38 Å². The Labute approximate surface area is 166 Å². The molecule has 2 atom stereocenters. The van der Waals surface area contributed by atoms with E-state index in [0.717, 1.165) is 18.4 Å². The summed E-state index contributed by atoms with van der Waals surface area (Å²) < 4.78 is 35.9. The second kappa shape index (κ2) is 8.37. The van der Waals surface area contributed by atoms with E-state index < -0.39 is 58.4 Å². The van der Waals surface area contributed by atoms with Crippen molar-refractivity contribution in [3.05, 3.63) is 11.1 Å². The lowest BCUT2D eigenvalue weighted by molar-refractivity contribution is -0.162. The fourth-order valence-electron chi connectivity index (χ4n) is 2.18. The number of hydrogen-bond acceptors (Lipinski definition) is 12. The molecule has 1 aliphatic rings.